The van der Waals surface area contributed by atoms with E-state index in [1.807, 2.05) is 24.3 Å². The van der Waals surface area contributed by atoms with Crippen LogP contribution in [-0.4, -0.2) is 26.1 Å². The smallest absolute Gasteiger partial charge is 0.228 e. The molecule has 116 valence electrons. The first-order chi connectivity index (χ1) is 11.3. The second-order valence-electron chi connectivity index (χ2n) is 5.87. The molecule has 0 bridgehead atoms. The lowest BCUT2D eigenvalue weighted by atomic mass is 10.1. The van der Waals surface area contributed by atoms with Crippen molar-refractivity contribution in [1.29, 1.82) is 0 Å². The molecule has 0 aromatic carbocycles. The quantitative estimate of drug-likeness (QED) is 0.778. The van der Waals surface area contributed by atoms with Gasteiger partial charge in [0.2, 0.25) is 5.91 Å². The molecule has 6 heteroatoms. The summed E-state index contributed by atoms with van der Waals surface area (Å²) in [6.45, 7) is 0. The third-order valence-corrected chi connectivity index (χ3v) is 4.37. The third kappa shape index (κ3) is 2.67. The van der Waals surface area contributed by atoms with E-state index in [-0.39, 0.29) is 11.8 Å². The molecule has 1 aliphatic carbocycles. The normalized spacial score (nSPS) is 15.1. The van der Waals surface area contributed by atoms with Gasteiger partial charge < -0.3 is 5.32 Å². The fourth-order valence-electron chi connectivity index (χ4n) is 3.09. The summed E-state index contributed by atoms with van der Waals surface area (Å²) in [6, 6.07) is 7.69. The molecule has 1 amide bonds. The van der Waals surface area contributed by atoms with Crippen molar-refractivity contribution in [2.24, 2.45) is 5.92 Å². The molecule has 1 fully saturated rings. The zero-order valence-corrected chi connectivity index (χ0v) is 12.6. The van der Waals surface area contributed by atoms with Crippen LogP contribution in [0, 0.1) is 5.92 Å². The Morgan fingerprint density at radius 2 is 1.91 bits per heavy atom. The van der Waals surface area contributed by atoms with Crippen LogP contribution < -0.4 is 5.32 Å². The van der Waals surface area contributed by atoms with Crippen molar-refractivity contribution in [3.05, 3.63) is 36.7 Å². The van der Waals surface area contributed by atoms with Crippen LogP contribution in [0.25, 0.3) is 22.3 Å². The number of aromatic amines is 1. The fourth-order valence-corrected chi connectivity index (χ4v) is 3.09. The Balaban J connectivity index is 1.61. The van der Waals surface area contributed by atoms with Gasteiger partial charge in [0.15, 0.2) is 11.5 Å². The number of aromatic nitrogens is 4. The molecule has 3 heterocycles. The summed E-state index contributed by atoms with van der Waals surface area (Å²) in [4.78, 5) is 20.8. The van der Waals surface area contributed by atoms with Crippen molar-refractivity contribution in [2.75, 3.05) is 5.32 Å². The molecule has 0 spiro atoms. The molecule has 4 rings (SSSR count). The van der Waals surface area contributed by atoms with Gasteiger partial charge in [-0.1, -0.05) is 12.8 Å². The first kappa shape index (κ1) is 13.9. The number of H-pyrrole nitrogens is 1. The highest BCUT2D eigenvalue weighted by molar-refractivity contribution is 6.00. The molecule has 3 aromatic rings. The van der Waals surface area contributed by atoms with Crippen LogP contribution in [0.1, 0.15) is 25.7 Å². The van der Waals surface area contributed by atoms with E-state index in [2.05, 4.69) is 25.5 Å². The molecule has 23 heavy (non-hydrogen) atoms. The van der Waals surface area contributed by atoms with Gasteiger partial charge in [-0.2, -0.15) is 5.10 Å². The Morgan fingerprint density at radius 1 is 1.13 bits per heavy atom. The van der Waals surface area contributed by atoms with Gasteiger partial charge in [-0.25, -0.2) is 4.98 Å². The molecule has 6 nitrogen and oxygen atoms in total. The fraction of sp³-hybridized carbons (Fsp3) is 0.294. The van der Waals surface area contributed by atoms with Gasteiger partial charge >= 0.3 is 0 Å². The molecule has 0 saturated heterocycles. The average Bonchev–Trinajstić information content (AvgIpc) is 3.25. The molecular formula is C17H17N5O. The number of rotatable bonds is 3. The summed E-state index contributed by atoms with van der Waals surface area (Å²) >= 11 is 0. The number of hydrogen-bond acceptors (Lipinski definition) is 4. The number of anilines is 1. The Bertz CT molecular complexity index is 837. The summed E-state index contributed by atoms with van der Waals surface area (Å²) in [7, 11) is 0. The van der Waals surface area contributed by atoms with Gasteiger partial charge in [0.25, 0.3) is 0 Å². The van der Waals surface area contributed by atoms with E-state index in [0.717, 1.165) is 42.3 Å². The van der Waals surface area contributed by atoms with Crippen LogP contribution in [0.4, 0.5) is 5.82 Å². The molecule has 1 saturated carbocycles. The Morgan fingerprint density at radius 3 is 2.70 bits per heavy atom. The molecule has 3 aromatic heterocycles. The summed E-state index contributed by atoms with van der Waals surface area (Å²) in [5.41, 5.74) is 2.51. The molecule has 2 N–H and O–H groups in total. The first-order valence-corrected chi connectivity index (χ1v) is 7.87. The second-order valence-corrected chi connectivity index (χ2v) is 5.87. The van der Waals surface area contributed by atoms with E-state index in [0.29, 0.717) is 11.5 Å². The molecule has 0 atom stereocenters. The van der Waals surface area contributed by atoms with Crippen molar-refractivity contribution in [2.45, 2.75) is 25.7 Å². The minimum absolute atomic E-state index is 0.0640. The van der Waals surface area contributed by atoms with E-state index in [9.17, 15) is 4.79 Å². The van der Waals surface area contributed by atoms with E-state index >= 15 is 0 Å². The maximum atomic E-state index is 12.3. The number of hydrogen-bond donors (Lipinski definition) is 2. The number of nitrogens with one attached hydrogen (secondary N) is 2. The Hall–Kier alpha value is -2.76. The second kappa shape index (κ2) is 5.79. The van der Waals surface area contributed by atoms with Crippen molar-refractivity contribution in [1.82, 2.24) is 20.2 Å². The lowest BCUT2D eigenvalue weighted by Crippen LogP contribution is -2.20. The van der Waals surface area contributed by atoms with Gasteiger partial charge in [-0.15, -0.1) is 0 Å². The highest BCUT2D eigenvalue weighted by Crippen LogP contribution is 2.28. The molecular weight excluding hydrogens is 290 g/mol. The number of fused-ring (bicyclic) bond motifs is 1. The van der Waals surface area contributed by atoms with Crippen LogP contribution >= 0.6 is 0 Å². The third-order valence-electron chi connectivity index (χ3n) is 4.37. The number of carbonyl (C=O) groups excluding carboxylic acids is 1. The van der Waals surface area contributed by atoms with Crippen LogP contribution in [0.3, 0.4) is 0 Å². The van der Waals surface area contributed by atoms with Crippen molar-refractivity contribution >= 4 is 22.8 Å². The average molecular weight is 307 g/mol. The monoisotopic (exact) mass is 307 g/mol. The largest absolute Gasteiger partial charge is 0.308 e. The van der Waals surface area contributed by atoms with E-state index < -0.39 is 0 Å². The topological polar surface area (TPSA) is 83.6 Å². The van der Waals surface area contributed by atoms with Crippen molar-refractivity contribution in [3.8, 4) is 11.3 Å². The first-order valence-electron chi connectivity index (χ1n) is 7.87. The zero-order valence-electron chi connectivity index (χ0n) is 12.6. The van der Waals surface area contributed by atoms with Crippen LogP contribution in [-0.2, 0) is 4.79 Å². The number of carbonyl (C=O) groups is 1. The minimum Gasteiger partial charge on any atom is -0.308 e. The van der Waals surface area contributed by atoms with E-state index in [1.54, 1.807) is 12.4 Å². The standard InChI is InChI=1S/C17H17N5O/c23-17(12-3-1-2-4-12)20-16-13-5-6-14(19-15(13)21-22-16)11-7-9-18-10-8-11/h5-10,12H,1-4H2,(H2,19,20,21,22,23). The summed E-state index contributed by atoms with van der Waals surface area (Å²) in [5, 5.41) is 10.9. The lowest BCUT2D eigenvalue weighted by molar-refractivity contribution is -0.119. The molecule has 0 aliphatic heterocycles. The highest BCUT2D eigenvalue weighted by atomic mass is 16.2. The van der Waals surface area contributed by atoms with Crippen LogP contribution in [0.15, 0.2) is 36.7 Å². The van der Waals surface area contributed by atoms with E-state index in [1.165, 1.54) is 0 Å². The Kier molecular flexibility index (Phi) is 3.49. The molecule has 0 unspecified atom stereocenters. The van der Waals surface area contributed by atoms with Crippen LogP contribution in [0.5, 0.6) is 0 Å². The van der Waals surface area contributed by atoms with Crippen molar-refractivity contribution < 1.29 is 4.79 Å². The van der Waals surface area contributed by atoms with Gasteiger partial charge in [-0.05, 0) is 37.1 Å². The lowest BCUT2D eigenvalue weighted by Gasteiger charge is -2.08. The molecule has 0 radical (unpaired) electrons. The van der Waals surface area contributed by atoms with Crippen LogP contribution in [0.2, 0.25) is 0 Å². The maximum Gasteiger partial charge on any atom is 0.228 e. The van der Waals surface area contributed by atoms with Gasteiger partial charge in [-0.3, -0.25) is 14.9 Å². The predicted octanol–water partition coefficient (Wildman–Crippen LogP) is 3.15. The Labute approximate surface area is 133 Å². The zero-order chi connectivity index (χ0) is 15.6. The number of amides is 1. The van der Waals surface area contributed by atoms with E-state index in [4.69, 9.17) is 0 Å². The molecule has 1 aliphatic rings. The summed E-state index contributed by atoms with van der Waals surface area (Å²) in [6.07, 6.45) is 7.69. The van der Waals surface area contributed by atoms with Gasteiger partial charge in [0.1, 0.15) is 0 Å². The van der Waals surface area contributed by atoms with Gasteiger partial charge in [0.05, 0.1) is 11.1 Å². The highest BCUT2D eigenvalue weighted by Gasteiger charge is 2.23. The SMILES string of the molecule is O=C(Nc1n[nH]c2nc(-c3ccncc3)ccc12)C1CCCC1. The maximum absolute atomic E-state index is 12.3. The van der Waals surface area contributed by atoms with Crippen molar-refractivity contribution in [3.63, 3.8) is 0 Å². The summed E-state index contributed by atoms with van der Waals surface area (Å²) in [5.74, 6) is 0.741. The number of nitrogens with zero attached hydrogens (tertiary/aromatic N) is 3. The predicted molar refractivity (Wildman–Crippen MR) is 87.7 cm³/mol. The van der Waals surface area contributed by atoms with Gasteiger partial charge in [0, 0.05) is 23.9 Å². The number of pyridine rings is 2. The minimum atomic E-state index is 0.0640. The summed E-state index contributed by atoms with van der Waals surface area (Å²) < 4.78 is 0.